The van der Waals surface area contributed by atoms with Crippen molar-refractivity contribution in [3.05, 3.63) is 101 Å². The molecule has 4 aromatic rings. The van der Waals surface area contributed by atoms with Crippen molar-refractivity contribution in [1.29, 1.82) is 0 Å². The monoisotopic (exact) mass is 527 g/mol. The number of anilines is 2. The minimum absolute atomic E-state index is 0.0156. The smallest absolute Gasteiger partial charge is 0.405 e. The second-order valence-corrected chi connectivity index (χ2v) is 8.45. The molecule has 0 unspecified atom stereocenters. The Labute approximate surface area is 223 Å². The largest absolute Gasteiger partial charge is 0.465 e. The summed E-state index contributed by atoms with van der Waals surface area (Å²) in [7, 11) is 1.72. The van der Waals surface area contributed by atoms with E-state index >= 15 is 0 Å². The first-order valence-corrected chi connectivity index (χ1v) is 11.8. The first kappa shape index (κ1) is 26.0. The van der Waals surface area contributed by atoms with Crippen molar-refractivity contribution in [2.24, 2.45) is 7.05 Å². The zero-order chi connectivity index (χ0) is 27.1. The molecule has 3 aromatic carbocycles. The van der Waals surface area contributed by atoms with Gasteiger partial charge < -0.3 is 21.1 Å². The van der Waals surface area contributed by atoms with Crippen LogP contribution >= 0.6 is 11.6 Å². The number of aryl methyl sites for hydroxylation is 1. The van der Waals surface area contributed by atoms with Crippen molar-refractivity contribution in [2.45, 2.75) is 0 Å². The Hall–Kier alpha value is -5.07. The standard InChI is InChI=1S/C28H22ClN5O4/c1-34-25(32-26(35)20-8-4-6-18(16-20)7-5-15-30-28(37)38)17-24(33-34)19-11-13-21(14-12-19)31-27(36)22-9-2-3-10-23(22)29/h2-4,6,8-14,16-17,30H,15H2,1H3,(H,31,36)(H,32,35)(H,37,38). The van der Waals surface area contributed by atoms with Gasteiger partial charge in [0.1, 0.15) is 5.82 Å². The van der Waals surface area contributed by atoms with Gasteiger partial charge in [-0.2, -0.15) is 5.10 Å². The third kappa shape index (κ3) is 6.57. The van der Waals surface area contributed by atoms with Crippen LogP contribution in [0, 0.1) is 11.8 Å². The van der Waals surface area contributed by atoms with Crippen LogP contribution in [0.15, 0.2) is 78.9 Å². The maximum Gasteiger partial charge on any atom is 0.405 e. The summed E-state index contributed by atoms with van der Waals surface area (Å²) in [5, 5.41) is 21.3. The highest BCUT2D eigenvalue weighted by Crippen LogP contribution is 2.24. The summed E-state index contributed by atoms with van der Waals surface area (Å²) < 4.78 is 1.56. The molecule has 0 aliphatic carbocycles. The molecule has 9 nitrogen and oxygen atoms in total. The molecule has 0 radical (unpaired) electrons. The highest BCUT2D eigenvalue weighted by atomic mass is 35.5. The Balaban J connectivity index is 1.42. The zero-order valence-electron chi connectivity index (χ0n) is 20.2. The van der Waals surface area contributed by atoms with E-state index in [9.17, 15) is 14.4 Å². The van der Waals surface area contributed by atoms with Gasteiger partial charge in [-0.05, 0) is 42.5 Å². The molecule has 0 aliphatic heterocycles. The summed E-state index contributed by atoms with van der Waals surface area (Å²) in [6.45, 7) is -0.0156. The minimum Gasteiger partial charge on any atom is -0.465 e. The molecule has 0 bridgehead atoms. The van der Waals surface area contributed by atoms with Gasteiger partial charge in [-0.15, -0.1) is 0 Å². The fraction of sp³-hybridized carbons (Fsp3) is 0.0714. The van der Waals surface area contributed by atoms with Crippen molar-refractivity contribution in [3.63, 3.8) is 0 Å². The van der Waals surface area contributed by atoms with E-state index < -0.39 is 6.09 Å². The van der Waals surface area contributed by atoms with E-state index in [1.165, 1.54) is 0 Å². The van der Waals surface area contributed by atoms with Crippen molar-refractivity contribution < 1.29 is 19.5 Å². The summed E-state index contributed by atoms with van der Waals surface area (Å²) in [6, 6.07) is 22.4. The fourth-order valence-electron chi connectivity index (χ4n) is 3.49. The SMILES string of the molecule is Cn1nc(-c2ccc(NC(=O)c3ccccc3Cl)cc2)cc1NC(=O)c1cccc(C#CCNC(=O)O)c1. The number of carbonyl (C=O) groups is 3. The van der Waals surface area contributed by atoms with Crippen LogP contribution < -0.4 is 16.0 Å². The average Bonchev–Trinajstić information content (AvgIpc) is 3.27. The third-order valence-electron chi connectivity index (χ3n) is 5.36. The number of carboxylic acid groups (broad SMARTS) is 1. The molecular weight excluding hydrogens is 506 g/mol. The number of hydrogen-bond donors (Lipinski definition) is 4. The molecule has 4 N–H and O–H groups in total. The third-order valence-corrected chi connectivity index (χ3v) is 5.69. The molecule has 0 saturated heterocycles. The number of benzene rings is 3. The first-order chi connectivity index (χ1) is 18.3. The minimum atomic E-state index is -1.15. The lowest BCUT2D eigenvalue weighted by atomic mass is 10.1. The molecule has 1 aromatic heterocycles. The quantitative estimate of drug-likeness (QED) is 0.266. The Kier molecular flexibility index (Phi) is 8.06. The number of hydrogen-bond acceptors (Lipinski definition) is 4. The number of halogens is 1. The number of nitrogens with one attached hydrogen (secondary N) is 3. The summed E-state index contributed by atoms with van der Waals surface area (Å²) in [6.07, 6.45) is -1.15. The Morgan fingerprint density at radius 1 is 0.947 bits per heavy atom. The second-order valence-electron chi connectivity index (χ2n) is 8.05. The fourth-order valence-corrected chi connectivity index (χ4v) is 3.71. The van der Waals surface area contributed by atoms with Gasteiger partial charge in [0.2, 0.25) is 0 Å². The van der Waals surface area contributed by atoms with Crippen LogP contribution in [0.5, 0.6) is 0 Å². The van der Waals surface area contributed by atoms with E-state index in [-0.39, 0.29) is 18.4 Å². The normalized spacial score (nSPS) is 10.2. The van der Waals surface area contributed by atoms with Gasteiger partial charge in [0.05, 0.1) is 22.8 Å². The summed E-state index contributed by atoms with van der Waals surface area (Å²) in [4.78, 5) is 35.8. The highest BCUT2D eigenvalue weighted by Gasteiger charge is 2.13. The molecule has 38 heavy (non-hydrogen) atoms. The van der Waals surface area contributed by atoms with Gasteiger partial charge in [0.25, 0.3) is 11.8 Å². The Morgan fingerprint density at radius 3 is 2.45 bits per heavy atom. The van der Waals surface area contributed by atoms with Crippen LogP contribution in [-0.4, -0.2) is 39.3 Å². The maximum atomic E-state index is 12.8. The molecule has 0 atom stereocenters. The molecule has 4 rings (SSSR count). The number of nitrogens with zero attached hydrogens (tertiary/aromatic N) is 2. The van der Waals surface area contributed by atoms with E-state index in [4.69, 9.17) is 16.7 Å². The lowest BCUT2D eigenvalue weighted by Gasteiger charge is -2.07. The van der Waals surface area contributed by atoms with Crippen LogP contribution in [0.3, 0.4) is 0 Å². The molecule has 3 amide bonds. The lowest BCUT2D eigenvalue weighted by Crippen LogP contribution is -2.20. The van der Waals surface area contributed by atoms with Gasteiger partial charge >= 0.3 is 6.09 Å². The molecule has 0 saturated carbocycles. The predicted octanol–water partition coefficient (Wildman–Crippen LogP) is 4.86. The summed E-state index contributed by atoms with van der Waals surface area (Å²) in [5.41, 5.74) is 3.39. The van der Waals surface area contributed by atoms with Gasteiger partial charge in [-0.1, -0.05) is 53.8 Å². The van der Waals surface area contributed by atoms with Crippen LogP contribution in [0.25, 0.3) is 11.3 Å². The number of aromatic nitrogens is 2. The van der Waals surface area contributed by atoms with Gasteiger partial charge in [0.15, 0.2) is 0 Å². The number of amides is 3. The van der Waals surface area contributed by atoms with Gasteiger partial charge in [-0.25, -0.2) is 4.79 Å². The van der Waals surface area contributed by atoms with E-state index in [2.05, 4.69) is 32.9 Å². The molecule has 0 fully saturated rings. The van der Waals surface area contributed by atoms with Crippen LogP contribution in [0.1, 0.15) is 26.3 Å². The maximum absolute atomic E-state index is 12.8. The lowest BCUT2D eigenvalue weighted by molar-refractivity contribution is 0.101. The van der Waals surface area contributed by atoms with Gasteiger partial charge in [-0.3, -0.25) is 14.3 Å². The van der Waals surface area contributed by atoms with Crippen molar-refractivity contribution in [2.75, 3.05) is 17.2 Å². The van der Waals surface area contributed by atoms with E-state index in [0.717, 1.165) is 5.56 Å². The first-order valence-electron chi connectivity index (χ1n) is 11.4. The summed E-state index contributed by atoms with van der Waals surface area (Å²) in [5.74, 6) is 5.34. The van der Waals surface area contributed by atoms with Gasteiger partial charge in [0, 0.05) is 35.5 Å². The predicted molar refractivity (Wildman–Crippen MR) is 145 cm³/mol. The van der Waals surface area contributed by atoms with E-state index in [1.807, 2.05) is 12.1 Å². The van der Waals surface area contributed by atoms with Crippen molar-refractivity contribution >= 4 is 41.0 Å². The molecule has 0 aliphatic rings. The van der Waals surface area contributed by atoms with E-state index in [1.54, 1.807) is 78.5 Å². The molecule has 10 heteroatoms. The molecule has 0 spiro atoms. The highest BCUT2D eigenvalue weighted by molar-refractivity contribution is 6.34. The molecule has 190 valence electrons. The Morgan fingerprint density at radius 2 is 1.71 bits per heavy atom. The van der Waals surface area contributed by atoms with Crippen LogP contribution in [0.2, 0.25) is 5.02 Å². The van der Waals surface area contributed by atoms with Crippen LogP contribution in [-0.2, 0) is 7.05 Å². The Bertz CT molecular complexity index is 1570. The molecular formula is C28H22ClN5O4. The van der Waals surface area contributed by atoms with E-state index in [0.29, 0.717) is 38.9 Å². The van der Waals surface area contributed by atoms with Crippen LogP contribution in [0.4, 0.5) is 16.3 Å². The second kappa shape index (κ2) is 11.8. The zero-order valence-corrected chi connectivity index (χ0v) is 20.9. The molecule has 1 heterocycles. The average molecular weight is 528 g/mol. The van der Waals surface area contributed by atoms with Crippen molar-refractivity contribution in [1.82, 2.24) is 15.1 Å². The topological polar surface area (TPSA) is 125 Å². The summed E-state index contributed by atoms with van der Waals surface area (Å²) >= 11 is 6.10. The number of carbonyl (C=O) groups excluding carboxylic acids is 2. The number of rotatable bonds is 6. The van der Waals surface area contributed by atoms with Crippen molar-refractivity contribution in [3.8, 4) is 23.1 Å².